The second kappa shape index (κ2) is 7.60. The summed E-state index contributed by atoms with van der Waals surface area (Å²) < 4.78 is 10.3. The van der Waals surface area contributed by atoms with Crippen molar-refractivity contribution in [1.82, 2.24) is 5.32 Å². The van der Waals surface area contributed by atoms with Crippen molar-refractivity contribution < 1.29 is 24.5 Å². The molecule has 0 aliphatic carbocycles. The van der Waals surface area contributed by atoms with E-state index < -0.39 is 6.04 Å². The number of carbonyl (C=O) groups excluding carboxylic acids is 1. The molecule has 0 spiro atoms. The van der Waals surface area contributed by atoms with Gasteiger partial charge in [0.1, 0.15) is 11.5 Å². The molecule has 0 saturated carbocycles. The van der Waals surface area contributed by atoms with Crippen molar-refractivity contribution in [2.75, 3.05) is 27.4 Å². The van der Waals surface area contributed by atoms with E-state index >= 15 is 0 Å². The van der Waals surface area contributed by atoms with Gasteiger partial charge in [0.25, 0.3) is 0 Å². The zero-order valence-corrected chi connectivity index (χ0v) is 11.0. The van der Waals surface area contributed by atoms with E-state index in [2.05, 4.69) is 5.32 Å². The third-order valence-electron chi connectivity index (χ3n) is 2.65. The summed E-state index contributed by atoms with van der Waals surface area (Å²) in [6, 6.07) is 4.53. The molecule has 1 aromatic carbocycles. The summed E-state index contributed by atoms with van der Waals surface area (Å²) >= 11 is 0. The maximum absolute atomic E-state index is 11.7. The Bertz CT molecular complexity index is 417. The molecule has 0 bridgehead atoms. The minimum atomic E-state index is -0.642. The summed E-state index contributed by atoms with van der Waals surface area (Å²) in [7, 11) is 3.06. The lowest BCUT2D eigenvalue weighted by Crippen LogP contribution is -2.40. The van der Waals surface area contributed by atoms with E-state index in [1.807, 2.05) is 0 Å². The predicted octanol–water partition coefficient (Wildman–Crippen LogP) is -0.284. The van der Waals surface area contributed by atoms with Crippen LogP contribution in [0, 0.1) is 0 Å². The van der Waals surface area contributed by atoms with E-state index in [4.69, 9.17) is 19.7 Å². The van der Waals surface area contributed by atoms with Gasteiger partial charge in [-0.3, -0.25) is 4.79 Å². The lowest BCUT2D eigenvalue weighted by Gasteiger charge is -2.14. The van der Waals surface area contributed by atoms with Gasteiger partial charge in [0.05, 0.1) is 39.9 Å². The largest absolute Gasteiger partial charge is 0.497 e. The number of carbonyl (C=O) groups is 1. The summed E-state index contributed by atoms with van der Waals surface area (Å²) in [6.07, 6.45) is 0.101. The van der Waals surface area contributed by atoms with Crippen molar-refractivity contribution in [1.29, 1.82) is 0 Å². The van der Waals surface area contributed by atoms with Crippen LogP contribution in [0.3, 0.4) is 0 Å². The fourth-order valence-corrected chi connectivity index (χ4v) is 1.60. The minimum absolute atomic E-state index is 0.101. The van der Waals surface area contributed by atoms with Gasteiger partial charge in [0, 0.05) is 11.6 Å². The quantitative estimate of drug-likeness (QED) is 0.633. The highest BCUT2D eigenvalue weighted by Gasteiger charge is 2.13. The van der Waals surface area contributed by atoms with E-state index in [1.54, 1.807) is 25.3 Å². The van der Waals surface area contributed by atoms with Crippen LogP contribution >= 0.6 is 0 Å². The number of aliphatic hydroxyl groups is 2. The van der Waals surface area contributed by atoms with Gasteiger partial charge >= 0.3 is 0 Å². The second-order valence-electron chi connectivity index (χ2n) is 3.98. The number of ether oxygens (including phenoxy) is 2. The van der Waals surface area contributed by atoms with Gasteiger partial charge in [-0.1, -0.05) is 6.07 Å². The number of hydrogen-bond donors (Lipinski definition) is 3. The molecule has 0 heterocycles. The first-order chi connectivity index (χ1) is 9.14. The predicted molar refractivity (Wildman–Crippen MR) is 69.4 cm³/mol. The SMILES string of the molecule is COc1ccc(CC(=O)NC(CO)CO)c(OC)c1. The zero-order chi connectivity index (χ0) is 14.3. The monoisotopic (exact) mass is 269 g/mol. The van der Waals surface area contributed by atoms with Crippen LogP contribution in [0.1, 0.15) is 5.56 Å². The number of aliphatic hydroxyl groups excluding tert-OH is 2. The molecule has 0 fully saturated rings. The Labute approximate surface area is 112 Å². The molecule has 0 aliphatic heterocycles. The van der Waals surface area contributed by atoms with Crippen molar-refractivity contribution in [3.63, 3.8) is 0 Å². The van der Waals surface area contributed by atoms with Gasteiger partial charge in [-0.2, -0.15) is 0 Å². The number of nitrogens with one attached hydrogen (secondary N) is 1. The van der Waals surface area contributed by atoms with Crippen molar-refractivity contribution in [3.05, 3.63) is 23.8 Å². The molecule has 0 aromatic heterocycles. The highest BCUT2D eigenvalue weighted by atomic mass is 16.5. The standard InChI is InChI=1S/C13H19NO5/c1-18-11-4-3-9(12(6-11)19-2)5-13(17)14-10(7-15)8-16/h3-4,6,10,15-16H,5,7-8H2,1-2H3,(H,14,17). The molecular formula is C13H19NO5. The third kappa shape index (κ3) is 4.42. The maximum atomic E-state index is 11.7. The van der Waals surface area contributed by atoms with Crippen LogP contribution in [0.25, 0.3) is 0 Å². The highest BCUT2D eigenvalue weighted by molar-refractivity contribution is 5.79. The molecule has 1 rings (SSSR count). The zero-order valence-electron chi connectivity index (χ0n) is 11.0. The van der Waals surface area contributed by atoms with Crippen molar-refractivity contribution in [2.45, 2.75) is 12.5 Å². The molecule has 1 aromatic rings. The smallest absolute Gasteiger partial charge is 0.224 e. The molecule has 0 unspecified atom stereocenters. The Morgan fingerprint density at radius 2 is 1.95 bits per heavy atom. The molecule has 6 heteroatoms. The molecule has 106 valence electrons. The van der Waals surface area contributed by atoms with E-state index in [-0.39, 0.29) is 25.5 Å². The second-order valence-corrected chi connectivity index (χ2v) is 3.98. The lowest BCUT2D eigenvalue weighted by molar-refractivity contribution is -0.121. The molecule has 0 saturated heterocycles. The average Bonchev–Trinajstić information content (AvgIpc) is 2.45. The van der Waals surface area contributed by atoms with Gasteiger partial charge in [0.15, 0.2) is 0 Å². The van der Waals surface area contributed by atoms with E-state index in [0.29, 0.717) is 17.1 Å². The first-order valence-electron chi connectivity index (χ1n) is 5.86. The topological polar surface area (TPSA) is 88.0 Å². The molecule has 1 amide bonds. The summed E-state index contributed by atoms with van der Waals surface area (Å²) in [4.78, 5) is 11.7. The van der Waals surface area contributed by atoms with E-state index in [9.17, 15) is 4.79 Å². The summed E-state index contributed by atoms with van der Waals surface area (Å²) in [5, 5.41) is 20.3. The Morgan fingerprint density at radius 1 is 1.26 bits per heavy atom. The Balaban J connectivity index is 2.73. The van der Waals surface area contributed by atoms with E-state index in [0.717, 1.165) is 0 Å². The van der Waals surface area contributed by atoms with Gasteiger partial charge in [-0.15, -0.1) is 0 Å². The van der Waals surface area contributed by atoms with Crippen molar-refractivity contribution in [2.24, 2.45) is 0 Å². The van der Waals surface area contributed by atoms with Gasteiger partial charge in [-0.25, -0.2) is 0 Å². The summed E-state index contributed by atoms with van der Waals surface area (Å²) in [6.45, 7) is -0.607. The molecule has 0 atom stereocenters. The van der Waals surface area contributed by atoms with E-state index in [1.165, 1.54) is 7.11 Å². The fourth-order valence-electron chi connectivity index (χ4n) is 1.60. The molecule has 0 radical (unpaired) electrons. The summed E-state index contributed by atoms with van der Waals surface area (Å²) in [5.74, 6) is 0.903. The fraction of sp³-hybridized carbons (Fsp3) is 0.462. The molecule has 19 heavy (non-hydrogen) atoms. The van der Waals surface area contributed by atoms with Crippen molar-refractivity contribution in [3.8, 4) is 11.5 Å². The number of methoxy groups -OCH3 is 2. The highest BCUT2D eigenvalue weighted by Crippen LogP contribution is 2.24. The lowest BCUT2D eigenvalue weighted by atomic mass is 10.1. The van der Waals surface area contributed by atoms with Gasteiger partial charge < -0.3 is 25.0 Å². The average molecular weight is 269 g/mol. The number of hydrogen-bond acceptors (Lipinski definition) is 5. The van der Waals surface area contributed by atoms with Crippen LogP contribution < -0.4 is 14.8 Å². The molecule has 6 nitrogen and oxygen atoms in total. The maximum Gasteiger partial charge on any atom is 0.224 e. The summed E-state index contributed by atoms with van der Waals surface area (Å²) in [5.41, 5.74) is 0.704. The molecular weight excluding hydrogens is 250 g/mol. The van der Waals surface area contributed by atoms with Gasteiger partial charge in [-0.05, 0) is 6.07 Å². The van der Waals surface area contributed by atoms with Gasteiger partial charge in [0.2, 0.25) is 5.91 Å². The van der Waals surface area contributed by atoms with Crippen LogP contribution in [-0.2, 0) is 11.2 Å². The first-order valence-corrected chi connectivity index (χ1v) is 5.86. The molecule has 0 aliphatic rings. The Hall–Kier alpha value is -1.79. The third-order valence-corrected chi connectivity index (χ3v) is 2.65. The number of amides is 1. The number of rotatable bonds is 7. The van der Waals surface area contributed by atoms with Crippen LogP contribution in [0.2, 0.25) is 0 Å². The molecule has 3 N–H and O–H groups in total. The Kier molecular flexibility index (Phi) is 6.11. The normalized spacial score (nSPS) is 10.4. The van der Waals surface area contributed by atoms with Crippen LogP contribution in [-0.4, -0.2) is 49.6 Å². The van der Waals surface area contributed by atoms with Crippen LogP contribution in [0.4, 0.5) is 0 Å². The van der Waals surface area contributed by atoms with Crippen LogP contribution in [0.5, 0.6) is 11.5 Å². The first kappa shape index (κ1) is 15.3. The minimum Gasteiger partial charge on any atom is -0.497 e. The number of benzene rings is 1. The van der Waals surface area contributed by atoms with Crippen molar-refractivity contribution >= 4 is 5.91 Å². The van der Waals surface area contributed by atoms with Crippen LogP contribution in [0.15, 0.2) is 18.2 Å². The Morgan fingerprint density at radius 3 is 2.47 bits per heavy atom.